The fourth-order valence-corrected chi connectivity index (χ4v) is 11.8. The first kappa shape index (κ1) is 50.2. The van der Waals surface area contributed by atoms with Crippen LogP contribution in [-0.4, -0.2) is 6.71 Å². The maximum atomic E-state index is 2.66. The molecule has 0 amide bonds. The van der Waals surface area contributed by atoms with Crippen molar-refractivity contribution in [3.8, 4) is 22.3 Å². The normalized spacial score (nSPS) is 13.9. The van der Waals surface area contributed by atoms with Crippen LogP contribution < -0.4 is 26.2 Å². The zero-order chi connectivity index (χ0) is 51.8. The monoisotopic (exact) mass is 937 g/mol. The van der Waals surface area contributed by atoms with E-state index in [4.69, 9.17) is 0 Å². The van der Waals surface area contributed by atoms with Gasteiger partial charge in [-0.1, -0.05) is 176 Å². The second-order valence-corrected chi connectivity index (χ2v) is 26.9. The molecule has 0 aromatic heterocycles. The van der Waals surface area contributed by atoms with Gasteiger partial charge in [-0.2, -0.15) is 0 Å². The summed E-state index contributed by atoms with van der Waals surface area (Å²) in [5, 5.41) is 0. The van der Waals surface area contributed by atoms with E-state index in [1.165, 1.54) is 134 Å². The lowest BCUT2D eigenvalue weighted by Crippen LogP contribution is -2.61. The molecule has 0 fully saturated rings. The lowest BCUT2D eigenvalue weighted by atomic mass is 9.33. The molecule has 7 aromatic rings. The fraction of sp³-hybridized carbons (Fsp3) is 0.382. The molecule has 2 aliphatic heterocycles. The van der Waals surface area contributed by atoms with Crippen LogP contribution in [-0.2, 0) is 27.1 Å². The van der Waals surface area contributed by atoms with Crippen molar-refractivity contribution in [1.82, 2.24) is 0 Å². The van der Waals surface area contributed by atoms with Crippen LogP contribution in [0.25, 0.3) is 22.3 Å². The molecular formula is C68H81BN2. The van der Waals surface area contributed by atoms with Crippen molar-refractivity contribution >= 4 is 57.2 Å². The van der Waals surface area contributed by atoms with Crippen molar-refractivity contribution in [2.75, 3.05) is 9.80 Å². The predicted molar refractivity (Wildman–Crippen MR) is 313 cm³/mol. The van der Waals surface area contributed by atoms with Gasteiger partial charge in [-0.25, -0.2) is 0 Å². The van der Waals surface area contributed by atoms with Gasteiger partial charge in [-0.05, 0) is 206 Å². The topological polar surface area (TPSA) is 6.48 Å². The highest BCUT2D eigenvalue weighted by atomic mass is 15.2. The molecule has 366 valence electrons. The molecule has 0 N–H and O–H groups in total. The van der Waals surface area contributed by atoms with Crippen molar-refractivity contribution in [3.05, 3.63) is 170 Å². The number of anilines is 6. The first-order valence-electron chi connectivity index (χ1n) is 26.4. The SMILES string of the molecule is Cc1cc(C)c(-c2ccc3c(c2)B2c4cc(-c5c(C)cc(C)cc5C)ccc4N(c4cc(C(C)(C)C)cc(C(C)(C)C)c4)c4cc(C(C)(C)C)cc(c42)N3c2cc(C(C)(C)C)cc(C(C)(C)C)c2)c(C)c1. The zero-order valence-electron chi connectivity index (χ0n) is 47.4. The molecule has 0 unspecified atom stereocenters. The Hall–Kier alpha value is -5.80. The standard InChI is InChI=1S/C68H81BN2/c1-40-26-42(3)61(43(4)27-40)46-22-24-57-55(30-46)69-56-31-47(62-44(5)28-41(2)29-45(62)6)23-25-58(56)71(54-36-50(66(13,14)15)33-51(37-54)67(16,17)18)60-39-52(68(19,20)21)38-59(63(60)69)70(57)53-34-48(64(7,8)9)32-49(35-53)65(10,11)12/h22-39H,1-21H3. The number of fused-ring (bicyclic) bond motifs is 4. The quantitative estimate of drug-likeness (QED) is 0.162. The average molecular weight is 937 g/mol. The van der Waals surface area contributed by atoms with Crippen LogP contribution in [0.1, 0.15) is 165 Å². The van der Waals surface area contributed by atoms with Gasteiger partial charge < -0.3 is 9.80 Å². The molecule has 0 spiro atoms. The van der Waals surface area contributed by atoms with Gasteiger partial charge in [0.1, 0.15) is 0 Å². The second-order valence-electron chi connectivity index (χ2n) is 26.9. The van der Waals surface area contributed by atoms with E-state index in [2.05, 4.69) is 264 Å². The summed E-state index contributed by atoms with van der Waals surface area (Å²) < 4.78 is 0. The minimum absolute atomic E-state index is 0.0516. The van der Waals surface area contributed by atoms with Gasteiger partial charge in [0.15, 0.2) is 0 Å². The molecule has 0 radical (unpaired) electrons. The Labute approximate surface area is 430 Å². The first-order chi connectivity index (χ1) is 32.8. The van der Waals surface area contributed by atoms with E-state index >= 15 is 0 Å². The van der Waals surface area contributed by atoms with E-state index in [-0.39, 0.29) is 33.8 Å². The summed E-state index contributed by atoms with van der Waals surface area (Å²) in [7, 11) is 0. The van der Waals surface area contributed by atoms with Gasteiger partial charge in [0.05, 0.1) is 0 Å². The molecule has 0 saturated heterocycles. The Morgan fingerprint density at radius 1 is 0.310 bits per heavy atom. The summed E-state index contributed by atoms with van der Waals surface area (Å²) in [6.07, 6.45) is 0. The molecule has 71 heavy (non-hydrogen) atoms. The highest BCUT2D eigenvalue weighted by Crippen LogP contribution is 2.49. The smallest absolute Gasteiger partial charge is 0.252 e. The highest BCUT2D eigenvalue weighted by molar-refractivity contribution is 7.00. The molecule has 0 atom stereocenters. The Kier molecular flexibility index (Phi) is 11.9. The molecular weight excluding hydrogens is 856 g/mol. The first-order valence-corrected chi connectivity index (χ1v) is 26.4. The third kappa shape index (κ3) is 8.99. The molecule has 0 aliphatic carbocycles. The highest BCUT2D eigenvalue weighted by Gasteiger charge is 2.45. The van der Waals surface area contributed by atoms with Crippen LogP contribution in [0.15, 0.2) is 109 Å². The molecule has 0 saturated carbocycles. The minimum Gasteiger partial charge on any atom is -0.311 e. The molecule has 9 rings (SSSR count). The van der Waals surface area contributed by atoms with Crippen LogP contribution in [0.3, 0.4) is 0 Å². The summed E-state index contributed by atoms with van der Waals surface area (Å²) in [5.41, 5.74) is 30.9. The molecule has 2 nitrogen and oxygen atoms in total. The average Bonchev–Trinajstić information content (AvgIpc) is 3.23. The second kappa shape index (κ2) is 16.9. The molecule has 7 aromatic carbocycles. The zero-order valence-corrected chi connectivity index (χ0v) is 47.4. The molecule has 0 bridgehead atoms. The van der Waals surface area contributed by atoms with Gasteiger partial charge in [0.25, 0.3) is 6.71 Å². The summed E-state index contributed by atoms with van der Waals surface area (Å²) in [6.45, 7) is 49.0. The van der Waals surface area contributed by atoms with Gasteiger partial charge >= 0.3 is 0 Å². The Bertz CT molecular complexity index is 2970. The van der Waals surface area contributed by atoms with Gasteiger partial charge in [-0.3, -0.25) is 0 Å². The predicted octanol–water partition coefficient (Wildman–Crippen LogP) is 17.4. The lowest BCUT2D eigenvalue weighted by molar-refractivity contribution is 0.568. The van der Waals surface area contributed by atoms with E-state index in [0.29, 0.717) is 0 Å². The largest absolute Gasteiger partial charge is 0.311 e. The Morgan fingerprint density at radius 2 is 0.592 bits per heavy atom. The van der Waals surface area contributed by atoms with Gasteiger partial charge in [0.2, 0.25) is 0 Å². The van der Waals surface area contributed by atoms with E-state index in [0.717, 1.165) is 0 Å². The van der Waals surface area contributed by atoms with E-state index in [9.17, 15) is 0 Å². The van der Waals surface area contributed by atoms with Gasteiger partial charge in [0, 0.05) is 34.1 Å². The van der Waals surface area contributed by atoms with Crippen LogP contribution in [0.2, 0.25) is 0 Å². The number of hydrogen-bond acceptors (Lipinski definition) is 2. The number of aryl methyl sites for hydroxylation is 6. The molecule has 2 aliphatic rings. The van der Waals surface area contributed by atoms with Crippen LogP contribution in [0, 0.1) is 41.5 Å². The third-order valence-corrected chi connectivity index (χ3v) is 15.7. The maximum Gasteiger partial charge on any atom is 0.252 e. The van der Waals surface area contributed by atoms with Crippen molar-refractivity contribution < 1.29 is 0 Å². The van der Waals surface area contributed by atoms with Crippen molar-refractivity contribution in [3.63, 3.8) is 0 Å². The summed E-state index contributed by atoms with van der Waals surface area (Å²) in [5.74, 6) is 0. The summed E-state index contributed by atoms with van der Waals surface area (Å²) in [4.78, 5) is 5.33. The van der Waals surface area contributed by atoms with E-state index < -0.39 is 0 Å². The fourth-order valence-electron chi connectivity index (χ4n) is 11.8. The lowest BCUT2D eigenvalue weighted by Gasteiger charge is -2.46. The minimum atomic E-state index is -0.138. The van der Waals surface area contributed by atoms with Gasteiger partial charge in [-0.15, -0.1) is 0 Å². The molecule has 2 heterocycles. The van der Waals surface area contributed by atoms with Crippen LogP contribution >= 0.6 is 0 Å². The Morgan fingerprint density at radius 3 is 0.873 bits per heavy atom. The van der Waals surface area contributed by atoms with Crippen molar-refractivity contribution in [2.45, 2.75) is 172 Å². The number of rotatable bonds is 4. The maximum absolute atomic E-state index is 2.66. The van der Waals surface area contributed by atoms with Crippen LogP contribution in [0.5, 0.6) is 0 Å². The summed E-state index contributed by atoms with van der Waals surface area (Å²) in [6, 6.07) is 44.3. The van der Waals surface area contributed by atoms with Crippen molar-refractivity contribution in [1.29, 1.82) is 0 Å². The third-order valence-electron chi connectivity index (χ3n) is 15.7. The summed E-state index contributed by atoms with van der Waals surface area (Å²) >= 11 is 0. The number of nitrogens with zero attached hydrogens (tertiary/aromatic N) is 2. The number of benzene rings is 7. The number of hydrogen-bond donors (Lipinski definition) is 0. The Balaban J connectivity index is 1.49. The molecule has 3 heteroatoms. The van der Waals surface area contributed by atoms with E-state index in [1.807, 2.05) is 0 Å². The van der Waals surface area contributed by atoms with Crippen LogP contribution in [0.4, 0.5) is 34.1 Å². The van der Waals surface area contributed by atoms with Crippen molar-refractivity contribution in [2.24, 2.45) is 0 Å². The van der Waals surface area contributed by atoms with E-state index in [1.54, 1.807) is 0 Å².